The number of aromatic nitrogens is 4. The summed E-state index contributed by atoms with van der Waals surface area (Å²) in [5.41, 5.74) is 2.45. The molecule has 2 rings (SSSR count). The van der Waals surface area contributed by atoms with E-state index < -0.39 is 0 Å². The van der Waals surface area contributed by atoms with Gasteiger partial charge in [-0.1, -0.05) is 6.92 Å². The monoisotopic (exact) mass is 247 g/mol. The van der Waals surface area contributed by atoms with Gasteiger partial charge in [0, 0.05) is 43.8 Å². The van der Waals surface area contributed by atoms with Gasteiger partial charge in [0.15, 0.2) is 0 Å². The number of nitrogens with zero attached hydrogens (tertiary/aromatic N) is 4. The van der Waals surface area contributed by atoms with Crippen LogP contribution in [-0.2, 0) is 26.7 Å². The van der Waals surface area contributed by atoms with E-state index in [0.29, 0.717) is 0 Å². The van der Waals surface area contributed by atoms with E-state index in [1.165, 1.54) is 11.3 Å². The Hall–Kier alpha value is -1.62. The molecule has 0 radical (unpaired) electrons. The summed E-state index contributed by atoms with van der Waals surface area (Å²) in [6.07, 6.45) is 6.95. The summed E-state index contributed by atoms with van der Waals surface area (Å²) in [4.78, 5) is 4.37. The van der Waals surface area contributed by atoms with Gasteiger partial charge in [-0.05, 0) is 13.3 Å². The van der Waals surface area contributed by atoms with Crippen LogP contribution in [0, 0.1) is 6.92 Å². The maximum absolute atomic E-state index is 4.37. The van der Waals surface area contributed by atoms with Crippen molar-refractivity contribution in [3.8, 4) is 0 Å². The molecule has 0 atom stereocenters. The van der Waals surface area contributed by atoms with Crippen molar-refractivity contribution >= 4 is 0 Å². The maximum atomic E-state index is 4.37. The van der Waals surface area contributed by atoms with Crippen molar-refractivity contribution in [3.05, 3.63) is 35.7 Å². The van der Waals surface area contributed by atoms with Crippen LogP contribution in [0.2, 0.25) is 0 Å². The first kappa shape index (κ1) is 12.8. The van der Waals surface area contributed by atoms with E-state index in [2.05, 4.69) is 33.8 Å². The van der Waals surface area contributed by atoms with Gasteiger partial charge in [0.25, 0.3) is 0 Å². The topological polar surface area (TPSA) is 47.7 Å². The zero-order valence-electron chi connectivity index (χ0n) is 11.3. The largest absolute Gasteiger partial charge is 0.334 e. The Morgan fingerprint density at radius 1 is 1.33 bits per heavy atom. The third-order valence-electron chi connectivity index (χ3n) is 3.20. The Kier molecular flexibility index (Phi) is 4.15. The highest BCUT2D eigenvalue weighted by Gasteiger charge is 2.05. The average Bonchev–Trinajstić information content (AvgIpc) is 2.92. The summed E-state index contributed by atoms with van der Waals surface area (Å²) in [6.45, 7) is 6.92. The summed E-state index contributed by atoms with van der Waals surface area (Å²) in [5, 5.41) is 7.66. The molecule has 0 unspecified atom stereocenters. The zero-order valence-corrected chi connectivity index (χ0v) is 11.3. The lowest BCUT2D eigenvalue weighted by Gasteiger charge is -2.07. The third-order valence-corrected chi connectivity index (χ3v) is 3.20. The van der Waals surface area contributed by atoms with E-state index in [-0.39, 0.29) is 0 Å². The average molecular weight is 247 g/mol. The second-order valence-corrected chi connectivity index (χ2v) is 4.52. The van der Waals surface area contributed by atoms with E-state index in [0.717, 1.165) is 31.9 Å². The summed E-state index contributed by atoms with van der Waals surface area (Å²) in [6, 6.07) is 0. The molecule has 0 aliphatic heterocycles. The van der Waals surface area contributed by atoms with E-state index in [9.17, 15) is 0 Å². The van der Waals surface area contributed by atoms with Crippen molar-refractivity contribution in [3.63, 3.8) is 0 Å². The molecule has 1 N–H and O–H groups in total. The molecule has 5 nitrogen and oxygen atoms in total. The maximum Gasteiger partial charge on any atom is 0.122 e. The van der Waals surface area contributed by atoms with Gasteiger partial charge < -0.3 is 9.88 Å². The van der Waals surface area contributed by atoms with Crippen LogP contribution in [0.25, 0.3) is 0 Å². The van der Waals surface area contributed by atoms with Crippen LogP contribution in [0.4, 0.5) is 0 Å². The summed E-state index contributed by atoms with van der Waals surface area (Å²) in [5.74, 6) is 1.10. The van der Waals surface area contributed by atoms with Gasteiger partial charge in [-0.2, -0.15) is 5.10 Å². The summed E-state index contributed by atoms with van der Waals surface area (Å²) < 4.78 is 4.10. The van der Waals surface area contributed by atoms with Gasteiger partial charge in [0.1, 0.15) is 5.82 Å². The number of imidazole rings is 1. The molecule has 0 saturated carbocycles. The van der Waals surface area contributed by atoms with Crippen LogP contribution in [0.3, 0.4) is 0 Å². The SMILES string of the molecule is CCCn1ccnc1CNCc1cnn(C)c1C. The highest BCUT2D eigenvalue weighted by Crippen LogP contribution is 2.05. The van der Waals surface area contributed by atoms with Crippen molar-refractivity contribution in [2.75, 3.05) is 0 Å². The lowest BCUT2D eigenvalue weighted by molar-refractivity contribution is 0.587. The predicted octanol–water partition coefficient (Wildman–Crippen LogP) is 1.62. The molecule has 0 aliphatic carbocycles. The van der Waals surface area contributed by atoms with Gasteiger partial charge in [0.2, 0.25) is 0 Å². The molecule has 18 heavy (non-hydrogen) atoms. The number of aryl methyl sites for hydroxylation is 2. The molecule has 0 saturated heterocycles. The molecular weight excluding hydrogens is 226 g/mol. The molecule has 5 heteroatoms. The smallest absolute Gasteiger partial charge is 0.122 e. The Bertz CT molecular complexity index is 497. The number of nitrogens with one attached hydrogen (secondary N) is 1. The van der Waals surface area contributed by atoms with Crippen LogP contribution < -0.4 is 5.32 Å². The van der Waals surface area contributed by atoms with Crippen molar-refractivity contribution in [1.82, 2.24) is 24.6 Å². The minimum absolute atomic E-state index is 0.793. The molecule has 0 aliphatic rings. The van der Waals surface area contributed by atoms with Crippen LogP contribution in [0.5, 0.6) is 0 Å². The quantitative estimate of drug-likeness (QED) is 0.844. The number of rotatable bonds is 6. The summed E-state index contributed by atoms with van der Waals surface area (Å²) >= 11 is 0. The molecule has 2 heterocycles. The molecule has 0 bridgehead atoms. The van der Waals surface area contributed by atoms with Gasteiger partial charge in [0.05, 0.1) is 12.7 Å². The lowest BCUT2D eigenvalue weighted by Crippen LogP contribution is -2.17. The van der Waals surface area contributed by atoms with Gasteiger partial charge in [-0.15, -0.1) is 0 Å². The summed E-state index contributed by atoms with van der Waals surface area (Å²) in [7, 11) is 1.97. The highest BCUT2D eigenvalue weighted by atomic mass is 15.3. The molecule has 0 aromatic carbocycles. The van der Waals surface area contributed by atoms with E-state index in [1.54, 1.807) is 0 Å². The van der Waals surface area contributed by atoms with Crippen LogP contribution in [-0.4, -0.2) is 19.3 Å². The first-order valence-corrected chi connectivity index (χ1v) is 6.40. The fraction of sp³-hybridized carbons (Fsp3) is 0.538. The van der Waals surface area contributed by atoms with Crippen LogP contribution >= 0.6 is 0 Å². The van der Waals surface area contributed by atoms with Gasteiger partial charge in [-0.3, -0.25) is 4.68 Å². The van der Waals surface area contributed by atoms with E-state index in [4.69, 9.17) is 0 Å². The molecule has 98 valence electrons. The van der Waals surface area contributed by atoms with E-state index >= 15 is 0 Å². The molecule has 0 spiro atoms. The molecule has 2 aromatic rings. The first-order valence-electron chi connectivity index (χ1n) is 6.40. The number of hydrogen-bond donors (Lipinski definition) is 1. The Balaban J connectivity index is 1.88. The second kappa shape index (κ2) is 5.82. The van der Waals surface area contributed by atoms with Crippen molar-refractivity contribution < 1.29 is 0 Å². The van der Waals surface area contributed by atoms with Crippen molar-refractivity contribution in [2.45, 2.75) is 39.9 Å². The fourth-order valence-corrected chi connectivity index (χ4v) is 1.98. The molecule has 2 aromatic heterocycles. The van der Waals surface area contributed by atoms with Crippen molar-refractivity contribution in [2.24, 2.45) is 7.05 Å². The highest BCUT2D eigenvalue weighted by molar-refractivity contribution is 5.15. The fourth-order valence-electron chi connectivity index (χ4n) is 1.98. The van der Waals surface area contributed by atoms with Crippen molar-refractivity contribution in [1.29, 1.82) is 0 Å². The normalized spacial score (nSPS) is 11.1. The first-order chi connectivity index (χ1) is 8.72. The molecular formula is C13H21N5. The van der Waals surface area contributed by atoms with E-state index in [1.807, 2.05) is 30.3 Å². The van der Waals surface area contributed by atoms with Crippen LogP contribution in [0.15, 0.2) is 18.6 Å². The minimum atomic E-state index is 0.793. The lowest BCUT2D eigenvalue weighted by atomic mass is 10.2. The second-order valence-electron chi connectivity index (χ2n) is 4.52. The molecule has 0 amide bonds. The minimum Gasteiger partial charge on any atom is -0.334 e. The Morgan fingerprint density at radius 2 is 2.17 bits per heavy atom. The number of hydrogen-bond acceptors (Lipinski definition) is 3. The van der Waals surface area contributed by atoms with Gasteiger partial charge in [-0.25, -0.2) is 4.98 Å². The predicted molar refractivity (Wildman–Crippen MR) is 71.0 cm³/mol. The van der Waals surface area contributed by atoms with Gasteiger partial charge >= 0.3 is 0 Å². The zero-order chi connectivity index (χ0) is 13.0. The Labute approximate surface area is 108 Å². The standard InChI is InChI=1S/C13H21N5/c1-4-6-18-7-5-15-13(18)10-14-8-12-9-16-17(3)11(12)2/h5,7,9,14H,4,6,8,10H2,1-3H3. The Morgan fingerprint density at radius 3 is 2.83 bits per heavy atom. The van der Waals surface area contributed by atoms with Crippen LogP contribution in [0.1, 0.15) is 30.4 Å². The molecule has 0 fully saturated rings. The third kappa shape index (κ3) is 2.79.